The van der Waals surface area contributed by atoms with Gasteiger partial charge in [0.25, 0.3) is 0 Å². The highest BCUT2D eigenvalue weighted by Gasteiger charge is 2.60. The maximum atomic E-state index is 13.1. The molecule has 5 nitrogen and oxygen atoms in total. The van der Waals surface area contributed by atoms with Crippen LogP contribution in [0.2, 0.25) is 0 Å². The van der Waals surface area contributed by atoms with Crippen molar-refractivity contribution in [3.63, 3.8) is 0 Å². The molecule has 0 heterocycles. The van der Waals surface area contributed by atoms with Gasteiger partial charge in [0, 0.05) is 0 Å². The van der Waals surface area contributed by atoms with E-state index in [0.29, 0.717) is 12.8 Å². The number of carboxylic acid groups (broad SMARTS) is 1. The van der Waals surface area contributed by atoms with E-state index in [1.807, 2.05) is 48.5 Å². The Morgan fingerprint density at radius 2 is 1.18 bits per heavy atom. The predicted octanol–water partition coefficient (Wildman–Crippen LogP) is 6.11. The quantitative estimate of drug-likeness (QED) is 0.393. The molecule has 0 saturated heterocycles. The molecule has 2 unspecified atom stereocenters. The maximum absolute atomic E-state index is 13.1. The zero-order valence-electron chi connectivity index (χ0n) is 20.5. The summed E-state index contributed by atoms with van der Waals surface area (Å²) in [5.74, 6) is -1.24. The minimum absolute atomic E-state index is 0.130. The molecule has 0 aliphatic carbocycles. The van der Waals surface area contributed by atoms with Gasteiger partial charge in [0.2, 0.25) is 0 Å². The molecular formula is C23H44O5. The molecule has 2 atom stereocenters. The van der Waals surface area contributed by atoms with Crippen molar-refractivity contribution in [2.75, 3.05) is 7.11 Å². The van der Waals surface area contributed by atoms with Crippen molar-refractivity contribution < 1.29 is 24.5 Å². The van der Waals surface area contributed by atoms with E-state index in [1.54, 1.807) is 0 Å². The van der Waals surface area contributed by atoms with E-state index in [-0.39, 0.29) is 5.41 Å². The summed E-state index contributed by atoms with van der Waals surface area (Å²) in [5, 5.41) is 10.1. The topological polar surface area (TPSA) is 72.8 Å². The first-order valence-electron chi connectivity index (χ1n) is 10.1. The molecule has 0 spiro atoms. The number of carbonyl (C=O) groups is 2. The van der Waals surface area contributed by atoms with Crippen molar-refractivity contribution in [2.45, 2.75) is 95.9 Å². The summed E-state index contributed by atoms with van der Waals surface area (Å²) in [7, 11) is 1.33. The Kier molecular flexibility index (Phi) is 7.65. The number of hydrogen-bond donors (Lipinski definition) is 1. The van der Waals surface area contributed by atoms with E-state index in [4.69, 9.17) is 9.78 Å². The summed E-state index contributed by atoms with van der Waals surface area (Å²) in [6, 6.07) is 0. The third-order valence-electron chi connectivity index (χ3n) is 7.49. The van der Waals surface area contributed by atoms with Crippen LogP contribution in [0.1, 0.15) is 95.9 Å². The average Bonchev–Trinajstić information content (AvgIpc) is 2.43. The normalized spacial score (nSPS) is 18.2. The van der Waals surface area contributed by atoms with Crippen LogP contribution >= 0.6 is 0 Å². The predicted molar refractivity (Wildman–Crippen MR) is 113 cm³/mol. The molecule has 0 amide bonds. The van der Waals surface area contributed by atoms with Gasteiger partial charge in [-0.05, 0) is 48.3 Å². The summed E-state index contributed by atoms with van der Waals surface area (Å²) in [6.07, 6.45) is 1.00. The third-order valence-corrected chi connectivity index (χ3v) is 7.49. The van der Waals surface area contributed by atoms with Gasteiger partial charge in [0.1, 0.15) is 0 Å². The molecule has 0 rings (SSSR count). The lowest BCUT2D eigenvalue weighted by atomic mass is 9.47. The Morgan fingerprint density at radius 1 is 0.750 bits per heavy atom. The SMILES string of the molecule is COOC(=O)C(C)(CC(C)(C)C)C(C)(C)C(C)(C)CC(C)(C(=O)O)C(C)(C)C. The van der Waals surface area contributed by atoms with Gasteiger partial charge < -0.3 is 5.11 Å². The lowest BCUT2D eigenvalue weighted by molar-refractivity contribution is -0.274. The molecule has 0 radical (unpaired) electrons. The molecule has 28 heavy (non-hydrogen) atoms. The fraction of sp³-hybridized carbons (Fsp3) is 0.913. The fourth-order valence-electron chi connectivity index (χ4n) is 4.29. The number of hydrogen-bond acceptors (Lipinski definition) is 4. The highest BCUT2D eigenvalue weighted by molar-refractivity contribution is 5.77. The second-order valence-electron chi connectivity index (χ2n) is 12.2. The molecule has 0 saturated carbocycles. The first kappa shape index (κ1) is 26.9. The van der Waals surface area contributed by atoms with E-state index < -0.39 is 39.0 Å². The highest BCUT2D eigenvalue weighted by atomic mass is 17.2. The Morgan fingerprint density at radius 3 is 1.46 bits per heavy atom. The summed E-state index contributed by atoms with van der Waals surface area (Å²) in [6.45, 7) is 24.1. The monoisotopic (exact) mass is 400 g/mol. The van der Waals surface area contributed by atoms with Gasteiger partial charge >= 0.3 is 11.9 Å². The standard InChI is InChI=1S/C23H44O5/c1-18(2,3)14-23(12,17(26)28-27-13)21(9,10)20(7,8)15-22(11,16(24)25)19(4,5)6/h14-15H2,1-13H3,(H,24,25). The zero-order valence-corrected chi connectivity index (χ0v) is 20.5. The molecule has 1 N–H and O–H groups in total. The van der Waals surface area contributed by atoms with Gasteiger partial charge in [-0.2, -0.15) is 4.89 Å². The molecule has 166 valence electrons. The molecule has 0 aliphatic rings. The number of carboxylic acids is 1. The smallest absolute Gasteiger partial charge is 0.348 e. The van der Waals surface area contributed by atoms with Crippen LogP contribution in [0.5, 0.6) is 0 Å². The Balaban J connectivity index is 6.43. The molecule has 0 aromatic heterocycles. The van der Waals surface area contributed by atoms with E-state index in [1.165, 1.54) is 7.11 Å². The van der Waals surface area contributed by atoms with Gasteiger partial charge in [-0.1, -0.05) is 69.2 Å². The van der Waals surface area contributed by atoms with Crippen molar-refractivity contribution >= 4 is 11.9 Å². The van der Waals surface area contributed by atoms with Crippen LogP contribution in [-0.4, -0.2) is 24.2 Å². The van der Waals surface area contributed by atoms with Crippen LogP contribution in [0.25, 0.3) is 0 Å². The average molecular weight is 401 g/mol. The molecular weight excluding hydrogens is 356 g/mol. The summed E-state index contributed by atoms with van der Waals surface area (Å²) in [5.41, 5.74) is -3.47. The van der Waals surface area contributed by atoms with Crippen molar-refractivity contribution in [2.24, 2.45) is 32.5 Å². The van der Waals surface area contributed by atoms with E-state index in [9.17, 15) is 14.7 Å². The van der Waals surface area contributed by atoms with Crippen LogP contribution in [0.3, 0.4) is 0 Å². The summed E-state index contributed by atoms with van der Waals surface area (Å²) >= 11 is 0. The minimum Gasteiger partial charge on any atom is -0.481 e. The van der Waals surface area contributed by atoms with Crippen molar-refractivity contribution in [3.8, 4) is 0 Å². The number of rotatable bonds is 8. The van der Waals surface area contributed by atoms with Crippen LogP contribution in [-0.2, 0) is 19.4 Å². The first-order chi connectivity index (χ1) is 12.1. The van der Waals surface area contributed by atoms with Crippen LogP contribution in [0, 0.1) is 32.5 Å². The van der Waals surface area contributed by atoms with Crippen LogP contribution in [0.15, 0.2) is 0 Å². The summed E-state index contributed by atoms with van der Waals surface area (Å²) in [4.78, 5) is 35.1. The second kappa shape index (κ2) is 7.97. The summed E-state index contributed by atoms with van der Waals surface area (Å²) < 4.78 is 0. The molecule has 5 heteroatoms. The van der Waals surface area contributed by atoms with Gasteiger partial charge in [-0.25, -0.2) is 4.79 Å². The zero-order chi connectivity index (χ0) is 23.0. The maximum Gasteiger partial charge on any atom is 0.348 e. The molecule has 0 aromatic carbocycles. The minimum atomic E-state index is -0.957. The highest BCUT2D eigenvalue weighted by Crippen LogP contribution is 2.61. The van der Waals surface area contributed by atoms with Crippen molar-refractivity contribution in [1.82, 2.24) is 0 Å². The Labute approximate surface area is 172 Å². The van der Waals surface area contributed by atoms with E-state index in [2.05, 4.69) is 34.6 Å². The molecule has 0 aromatic rings. The first-order valence-corrected chi connectivity index (χ1v) is 10.1. The van der Waals surface area contributed by atoms with E-state index in [0.717, 1.165) is 0 Å². The molecule has 0 aliphatic heterocycles. The number of aliphatic carboxylic acids is 1. The van der Waals surface area contributed by atoms with Crippen LogP contribution < -0.4 is 0 Å². The fourth-order valence-corrected chi connectivity index (χ4v) is 4.29. The second-order valence-corrected chi connectivity index (χ2v) is 12.2. The lowest BCUT2D eigenvalue weighted by Crippen LogP contribution is -2.55. The van der Waals surface area contributed by atoms with Gasteiger partial charge in [0.05, 0.1) is 17.9 Å². The molecule has 0 bridgehead atoms. The van der Waals surface area contributed by atoms with Crippen LogP contribution in [0.4, 0.5) is 0 Å². The van der Waals surface area contributed by atoms with E-state index >= 15 is 0 Å². The number of carbonyl (C=O) groups excluding carboxylic acids is 1. The molecule has 0 fully saturated rings. The Bertz CT molecular complexity index is 577. The van der Waals surface area contributed by atoms with Gasteiger partial charge in [-0.15, -0.1) is 0 Å². The largest absolute Gasteiger partial charge is 0.481 e. The Hall–Kier alpha value is -1.10. The lowest BCUT2D eigenvalue weighted by Gasteiger charge is -2.56. The van der Waals surface area contributed by atoms with Gasteiger partial charge in [0.15, 0.2) is 0 Å². The van der Waals surface area contributed by atoms with Gasteiger partial charge in [-0.3, -0.25) is 9.68 Å². The third kappa shape index (κ3) is 5.08. The van der Waals surface area contributed by atoms with Crippen molar-refractivity contribution in [1.29, 1.82) is 0 Å². The van der Waals surface area contributed by atoms with Crippen molar-refractivity contribution in [3.05, 3.63) is 0 Å².